The van der Waals surface area contributed by atoms with Crippen LogP contribution in [0.1, 0.15) is 29.8 Å². The highest BCUT2D eigenvalue weighted by atomic mass is 32.1. The van der Waals surface area contributed by atoms with E-state index >= 15 is 0 Å². The molecule has 1 N–H and O–H groups in total. The predicted molar refractivity (Wildman–Crippen MR) is 61.7 cm³/mol. The maximum atomic E-state index is 11.6. The van der Waals surface area contributed by atoms with Gasteiger partial charge in [-0.15, -0.1) is 11.3 Å². The van der Waals surface area contributed by atoms with E-state index in [-0.39, 0.29) is 12.3 Å². The fourth-order valence-corrected chi connectivity index (χ4v) is 3.50. The van der Waals surface area contributed by atoms with Crippen molar-refractivity contribution in [2.24, 2.45) is 0 Å². The van der Waals surface area contributed by atoms with E-state index in [2.05, 4.69) is 4.98 Å². The number of aromatic nitrogens is 1. The van der Waals surface area contributed by atoms with Crippen LogP contribution in [-0.4, -0.2) is 28.6 Å². The van der Waals surface area contributed by atoms with Crippen LogP contribution in [0.5, 0.6) is 0 Å². The van der Waals surface area contributed by atoms with Gasteiger partial charge in [-0.3, -0.25) is 9.69 Å². The number of β-amino-alcohol motifs (C(OH)–C–C–N with tert-alkyl or cyclic N) is 1. The molecule has 86 valence electrons. The van der Waals surface area contributed by atoms with Gasteiger partial charge in [0.2, 0.25) is 5.91 Å². The molecule has 0 saturated carbocycles. The summed E-state index contributed by atoms with van der Waals surface area (Å²) in [6.45, 7) is 0.408. The Morgan fingerprint density at radius 1 is 1.38 bits per heavy atom. The Morgan fingerprint density at radius 2 is 2.19 bits per heavy atom. The number of rotatable bonds is 1. The molecule has 0 aromatic carbocycles. The summed E-state index contributed by atoms with van der Waals surface area (Å²) in [6, 6.07) is 0. The van der Waals surface area contributed by atoms with E-state index in [4.69, 9.17) is 0 Å². The van der Waals surface area contributed by atoms with Crippen molar-refractivity contribution in [3.05, 3.63) is 10.6 Å². The third-order valence-electron chi connectivity index (χ3n) is 3.17. The number of thiazole rings is 1. The van der Waals surface area contributed by atoms with Crippen LogP contribution in [0.2, 0.25) is 0 Å². The van der Waals surface area contributed by atoms with Crippen molar-refractivity contribution < 1.29 is 9.90 Å². The zero-order valence-electron chi connectivity index (χ0n) is 8.98. The molecule has 1 aliphatic carbocycles. The van der Waals surface area contributed by atoms with Crippen LogP contribution in [0.3, 0.4) is 0 Å². The van der Waals surface area contributed by atoms with Gasteiger partial charge in [-0.05, 0) is 25.7 Å². The Morgan fingerprint density at radius 3 is 2.88 bits per heavy atom. The van der Waals surface area contributed by atoms with Gasteiger partial charge >= 0.3 is 0 Å². The minimum atomic E-state index is -0.520. The van der Waals surface area contributed by atoms with E-state index in [1.165, 1.54) is 23.4 Å². The molecule has 1 fully saturated rings. The standard InChI is InChI=1S/C11H14N2O2S/c14-7-5-10(15)13(6-7)11-12-8-3-1-2-4-9(8)16-11/h7,14H,1-6H2. The first-order chi connectivity index (χ1) is 7.74. The lowest BCUT2D eigenvalue weighted by Crippen LogP contribution is -2.25. The van der Waals surface area contributed by atoms with E-state index < -0.39 is 6.10 Å². The summed E-state index contributed by atoms with van der Waals surface area (Å²) in [5, 5.41) is 10.2. The molecule has 16 heavy (non-hydrogen) atoms. The smallest absolute Gasteiger partial charge is 0.231 e. The molecule has 5 heteroatoms. The van der Waals surface area contributed by atoms with Crippen molar-refractivity contribution >= 4 is 22.4 Å². The van der Waals surface area contributed by atoms with E-state index in [9.17, 15) is 9.90 Å². The minimum absolute atomic E-state index is 0.00130. The van der Waals surface area contributed by atoms with Crippen LogP contribution >= 0.6 is 11.3 Å². The third-order valence-corrected chi connectivity index (χ3v) is 4.35. The quantitative estimate of drug-likeness (QED) is 0.797. The molecule has 4 nitrogen and oxygen atoms in total. The van der Waals surface area contributed by atoms with Gasteiger partial charge < -0.3 is 5.11 Å². The fourth-order valence-electron chi connectivity index (χ4n) is 2.33. The molecule has 2 heterocycles. The molecule has 3 rings (SSSR count). The van der Waals surface area contributed by atoms with Crippen molar-refractivity contribution in [2.75, 3.05) is 11.4 Å². The first-order valence-corrected chi connectivity index (χ1v) is 6.52. The van der Waals surface area contributed by atoms with Crippen LogP contribution in [0.25, 0.3) is 0 Å². The number of aryl methyl sites for hydroxylation is 2. The zero-order valence-corrected chi connectivity index (χ0v) is 9.79. The Kier molecular flexibility index (Phi) is 2.44. The van der Waals surface area contributed by atoms with Gasteiger partial charge in [-0.1, -0.05) is 0 Å². The molecule has 0 radical (unpaired) electrons. The van der Waals surface area contributed by atoms with E-state index in [1.54, 1.807) is 16.2 Å². The Labute approximate surface area is 97.9 Å². The number of aliphatic hydroxyl groups is 1. The summed E-state index contributed by atoms with van der Waals surface area (Å²) in [4.78, 5) is 19.1. The normalized spacial score (nSPS) is 24.9. The summed E-state index contributed by atoms with van der Waals surface area (Å²) >= 11 is 1.62. The maximum absolute atomic E-state index is 11.6. The van der Waals surface area contributed by atoms with Crippen LogP contribution < -0.4 is 4.90 Å². The molecule has 0 spiro atoms. The van der Waals surface area contributed by atoms with E-state index in [0.717, 1.165) is 18.0 Å². The SMILES string of the molecule is O=C1CC(O)CN1c1nc2c(s1)CCCC2. The largest absolute Gasteiger partial charge is 0.391 e. The fraction of sp³-hybridized carbons (Fsp3) is 0.636. The van der Waals surface area contributed by atoms with Gasteiger partial charge in [0.05, 0.1) is 24.8 Å². The average Bonchev–Trinajstić information content (AvgIpc) is 2.81. The molecule has 1 unspecified atom stereocenters. The van der Waals surface area contributed by atoms with E-state index in [0.29, 0.717) is 6.54 Å². The lowest BCUT2D eigenvalue weighted by molar-refractivity contribution is -0.117. The molecular weight excluding hydrogens is 224 g/mol. The Hall–Kier alpha value is -0.940. The summed E-state index contributed by atoms with van der Waals surface area (Å²) in [5.41, 5.74) is 1.17. The van der Waals surface area contributed by atoms with Crippen molar-refractivity contribution in [3.63, 3.8) is 0 Å². The van der Waals surface area contributed by atoms with Crippen LogP contribution in [0.4, 0.5) is 5.13 Å². The highest BCUT2D eigenvalue weighted by molar-refractivity contribution is 7.16. The van der Waals surface area contributed by atoms with Gasteiger partial charge in [-0.2, -0.15) is 0 Å². The monoisotopic (exact) mass is 238 g/mol. The lowest BCUT2D eigenvalue weighted by atomic mass is 10.0. The van der Waals surface area contributed by atoms with Crippen molar-refractivity contribution in [2.45, 2.75) is 38.2 Å². The number of fused-ring (bicyclic) bond motifs is 1. The Balaban J connectivity index is 1.89. The van der Waals surface area contributed by atoms with Gasteiger partial charge in [0.25, 0.3) is 0 Å². The third kappa shape index (κ3) is 1.64. The highest BCUT2D eigenvalue weighted by Crippen LogP contribution is 2.33. The molecule has 1 atom stereocenters. The van der Waals surface area contributed by atoms with E-state index in [1.807, 2.05) is 0 Å². The molecule has 2 aliphatic rings. The molecule has 1 amide bonds. The lowest BCUT2D eigenvalue weighted by Gasteiger charge is -2.10. The van der Waals surface area contributed by atoms with Crippen LogP contribution in [0, 0.1) is 0 Å². The van der Waals surface area contributed by atoms with Gasteiger partial charge in [0.1, 0.15) is 0 Å². The van der Waals surface area contributed by atoms with Crippen LogP contribution in [0.15, 0.2) is 0 Å². The number of hydrogen-bond acceptors (Lipinski definition) is 4. The van der Waals surface area contributed by atoms with Crippen LogP contribution in [-0.2, 0) is 17.6 Å². The number of nitrogens with zero attached hydrogens (tertiary/aromatic N) is 2. The Bertz CT molecular complexity index is 406. The molecule has 1 aromatic rings. The summed E-state index contributed by atoms with van der Waals surface area (Å²) < 4.78 is 0. The number of carbonyl (C=O) groups is 1. The molecule has 1 saturated heterocycles. The zero-order chi connectivity index (χ0) is 11.1. The highest BCUT2D eigenvalue weighted by Gasteiger charge is 2.31. The number of aliphatic hydroxyl groups excluding tert-OH is 1. The van der Waals surface area contributed by atoms with Crippen molar-refractivity contribution in [3.8, 4) is 0 Å². The van der Waals surface area contributed by atoms with Gasteiger partial charge in [0.15, 0.2) is 5.13 Å². The summed E-state index contributed by atoms with van der Waals surface area (Å²) in [6.07, 6.45) is 4.28. The second kappa shape index (κ2) is 3.82. The van der Waals surface area contributed by atoms with Gasteiger partial charge in [0, 0.05) is 4.88 Å². The topological polar surface area (TPSA) is 53.4 Å². The average molecular weight is 238 g/mol. The predicted octanol–water partition coefficient (Wildman–Crippen LogP) is 1.12. The summed E-state index contributed by atoms with van der Waals surface area (Å²) in [5.74, 6) is -0.00130. The number of anilines is 1. The maximum Gasteiger partial charge on any atom is 0.231 e. The second-order valence-corrected chi connectivity index (χ2v) is 5.50. The van der Waals surface area contributed by atoms with Gasteiger partial charge in [-0.25, -0.2) is 4.98 Å². The minimum Gasteiger partial charge on any atom is -0.391 e. The number of amides is 1. The van der Waals surface area contributed by atoms with Crippen molar-refractivity contribution in [1.29, 1.82) is 0 Å². The van der Waals surface area contributed by atoms with Crippen molar-refractivity contribution in [1.82, 2.24) is 4.98 Å². The molecule has 1 aromatic heterocycles. The first-order valence-electron chi connectivity index (χ1n) is 5.71. The molecular formula is C11H14N2O2S. The number of carbonyl (C=O) groups excluding carboxylic acids is 1. The second-order valence-electron chi connectivity index (χ2n) is 4.44. The molecule has 1 aliphatic heterocycles. The first kappa shape index (κ1) is 10.2. The molecule has 0 bridgehead atoms. The number of hydrogen-bond donors (Lipinski definition) is 1. The summed E-state index contributed by atoms with van der Waals surface area (Å²) in [7, 11) is 0.